The maximum absolute atomic E-state index is 15.7. The molecule has 318 valence electrons. The van der Waals surface area contributed by atoms with Crippen LogP contribution < -0.4 is 15.4 Å². The molecule has 11 nitrogen and oxygen atoms in total. The summed E-state index contributed by atoms with van der Waals surface area (Å²) >= 11 is 1.30. The molecule has 1 aliphatic carbocycles. The molecule has 12 heteroatoms. The van der Waals surface area contributed by atoms with Crippen LogP contribution in [0.25, 0.3) is 10.2 Å². The third-order valence-electron chi connectivity index (χ3n) is 13.0. The molecule has 10 rings (SSSR count). The van der Waals surface area contributed by atoms with Crippen LogP contribution in [0.5, 0.6) is 5.75 Å². The van der Waals surface area contributed by atoms with Crippen molar-refractivity contribution in [2.45, 2.75) is 73.8 Å². The minimum atomic E-state index is -1.81. The molecule has 5 aromatic carbocycles. The van der Waals surface area contributed by atoms with E-state index < -0.39 is 58.9 Å². The summed E-state index contributed by atoms with van der Waals surface area (Å²) < 4.78 is 13.7. The van der Waals surface area contributed by atoms with E-state index in [2.05, 4.69) is 22.5 Å². The topological polar surface area (TPSA) is 150 Å². The van der Waals surface area contributed by atoms with Gasteiger partial charge >= 0.3 is 5.97 Å². The van der Waals surface area contributed by atoms with Crippen molar-refractivity contribution in [3.63, 3.8) is 0 Å². The van der Waals surface area contributed by atoms with Crippen LogP contribution in [-0.4, -0.2) is 62.7 Å². The number of aromatic nitrogens is 1. The minimum absolute atomic E-state index is 0.0378. The molecule has 6 aromatic rings. The van der Waals surface area contributed by atoms with Gasteiger partial charge in [-0.2, -0.15) is 0 Å². The molecule has 63 heavy (non-hydrogen) atoms. The van der Waals surface area contributed by atoms with Gasteiger partial charge in [-0.15, -0.1) is 0 Å². The van der Waals surface area contributed by atoms with Crippen molar-refractivity contribution in [1.82, 2.24) is 9.88 Å². The first-order valence-electron chi connectivity index (χ1n) is 21.6. The number of amides is 2. The van der Waals surface area contributed by atoms with E-state index in [0.29, 0.717) is 51.6 Å². The van der Waals surface area contributed by atoms with E-state index in [1.165, 1.54) is 11.3 Å². The van der Waals surface area contributed by atoms with Gasteiger partial charge in [-0.05, 0) is 78.8 Å². The molecule has 1 aromatic heterocycles. The number of hydrogen-bond acceptors (Lipinski definition) is 10. The van der Waals surface area contributed by atoms with Gasteiger partial charge < -0.3 is 30.3 Å². The smallest absolute Gasteiger partial charge is 0.324 e. The standard InChI is InChI=1S/C51H46N4O7S/c56-29-30-61-39-21-11-9-19-35(39)45-51(36-31-32(23-24-37(36)52-48(51)59)25-28-50(60)26-13-1-2-14-27-50)41(46(57)54-49-53-38-20-10-12-22-40(38)63-49)43-47(58)62-44(34-17-7-4-8-18-34)42(55(43)45)33-15-5-3-6-16-33/h3-12,15-24,31,41-45,56,60H,1-2,13-14,26-27,29-30H2,(H,52,59)(H,53,54,57). The van der Waals surface area contributed by atoms with E-state index in [1.807, 2.05) is 120 Å². The molecular weight excluding hydrogens is 813 g/mol. The van der Waals surface area contributed by atoms with Gasteiger partial charge in [0.2, 0.25) is 11.8 Å². The molecule has 2 saturated heterocycles. The highest BCUT2D eigenvalue weighted by molar-refractivity contribution is 7.22. The number of hydrogen-bond donors (Lipinski definition) is 4. The van der Waals surface area contributed by atoms with Crippen LogP contribution in [-0.2, 0) is 24.5 Å². The average molecular weight is 859 g/mol. The molecule has 1 spiro atoms. The number of fused-ring (bicyclic) bond motifs is 4. The summed E-state index contributed by atoms with van der Waals surface area (Å²) in [6, 6.07) is 36.4. The summed E-state index contributed by atoms with van der Waals surface area (Å²) in [5.74, 6) is 3.69. The van der Waals surface area contributed by atoms with E-state index in [4.69, 9.17) is 14.5 Å². The minimum Gasteiger partial charge on any atom is -0.491 e. The number of nitrogens with zero attached hydrogens (tertiary/aromatic N) is 2. The number of aliphatic hydroxyl groups is 2. The fourth-order valence-corrected chi connectivity index (χ4v) is 11.2. The molecule has 6 atom stereocenters. The fraction of sp³-hybridized carbons (Fsp3) is 0.294. The molecule has 2 amide bonds. The van der Waals surface area contributed by atoms with E-state index in [0.717, 1.165) is 41.5 Å². The number of carbonyl (C=O) groups is 3. The van der Waals surface area contributed by atoms with Gasteiger partial charge in [0, 0.05) is 16.8 Å². The summed E-state index contributed by atoms with van der Waals surface area (Å²) in [7, 11) is 0. The Morgan fingerprint density at radius 1 is 0.873 bits per heavy atom. The van der Waals surface area contributed by atoms with Crippen molar-refractivity contribution in [1.29, 1.82) is 0 Å². The number of esters is 1. The van der Waals surface area contributed by atoms with E-state index in [9.17, 15) is 10.2 Å². The van der Waals surface area contributed by atoms with Gasteiger partial charge in [-0.1, -0.05) is 127 Å². The van der Waals surface area contributed by atoms with E-state index in [1.54, 1.807) is 12.1 Å². The zero-order valence-electron chi connectivity index (χ0n) is 34.4. The summed E-state index contributed by atoms with van der Waals surface area (Å²) in [6.45, 7) is -0.305. The van der Waals surface area contributed by atoms with Crippen molar-refractivity contribution in [2.24, 2.45) is 5.92 Å². The first-order chi connectivity index (χ1) is 30.8. The van der Waals surface area contributed by atoms with Gasteiger partial charge in [0.25, 0.3) is 0 Å². The van der Waals surface area contributed by atoms with Crippen LogP contribution in [0, 0.1) is 17.8 Å². The summed E-state index contributed by atoms with van der Waals surface area (Å²) in [6.07, 6.45) is 4.12. The summed E-state index contributed by atoms with van der Waals surface area (Å²) in [4.78, 5) is 53.3. The largest absolute Gasteiger partial charge is 0.491 e. The molecule has 4 heterocycles. The molecule has 6 unspecified atom stereocenters. The lowest BCUT2D eigenvalue weighted by Gasteiger charge is -2.46. The van der Waals surface area contributed by atoms with Crippen molar-refractivity contribution < 1.29 is 34.1 Å². The summed E-state index contributed by atoms with van der Waals surface area (Å²) in [5.41, 5.74) is 1.31. The average Bonchev–Trinajstić information content (AvgIpc) is 3.89. The molecule has 3 aliphatic heterocycles. The Morgan fingerprint density at radius 2 is 1.57 bits per heavy atom. The number of ether oxygens (including phenoxy) is 2. The third kappa shape index (κ3) is 7.15. The number of rotatable bonds is 8. The lowest BCUT2D eigenvalue weighted by molar-refractivity contribution is -0.177. The SMILES string of the molecule is O=C1OC(c2ccccc2)C(c2ccccc2)N2C1C(C(=O)Nc1nc3ccccc3s1)C1(C(=O)Nc3ccc(C#CC4(O)CCCCCC4)cc31)C2c1ccccc1OCCO. The van der Waals surface area contributed by atoms with Crippen molar-refractivity contribution >= 4 is 50.2 Å². The van der Waals surface area contributed by atoms with Crippen LogP contribution in [0.4, 0.5) is 10.8 Å². The number of aliphatic hydroxyl groups excluding tert-OH is 1. The number of para-hydroxylation sites is 2. The molecule has 3 fully saturated rings. The van der Waals surface area contributed by atoms with Crippen LogP contribution in [0.3, 0.4) is 0 Å². The number of anilines is 2. The molecule has 4 aliphatic rings. The monoisotopic (exact) mass is 858 g/mol. The second kappa shape index (κ2) is 16.7. The van der Waals surface area contributed by atoms with Crippen molar-refractivity contribution in [2.75, 3.05) is 23.8 Å². The Kier molecular flexibility index (Phi) is 10.8. The maximum Gasteiger partial charge on any atom is 0.324 e. The molecule has 0 bridgehead atoms. The lowest BCUT2D eigenvalue weighted by Crippen LogP contribution is -2.53. The zero-order valence-corrected chi connectivity index (χ0v) is 35.2. The van der Waals surface area contributed by atoms with Gasteiger partial charge in [-0.25, -0.2) is 4.98 Å². The second-order valence-corrected chi connectivity index (χ2v) is 17.8. The zero-order chi connectivity index (χ0) is 43.1. The number of morpholine rings is 1. The lowest BCUT2D eigenvalue weighted by atomic mass is 9.65. The van der Waals surface area contributed by atoms with Gasteiger partial charge in [-0.3, -0.25) is 19.3 Å². The molecule has 1 saturated carbocycles. The quantitative estimate of drug-likeness (QED) is 0.0678. The molecule has 4 N–H and O–H groups in total. The van der Waals surface area contributed by atoms with Crippen molar-refractivity contribution in [3.8, 4) is 17.6 Å². The highest BCUT2D eigenvalue weighted by Crippen LogP contribution is 2.65. The van der Waals surface area contributed by atoms with E-state index >= 15 is 14.4 Å². The van der Waals surface area contributed by atoms with E-state index in [-0.39, 0.29) is 13.2 Å². The Balaban J connectivity index is 1.24. The predicted molar refractivity (Wildman–Crippen MR) is 240 cm³/mol. The third-order valence-corrected chi connectivity index (χ3v) is 14.0. The highest BCUT2D eigenvalue weighted by Gasteiger charge is 2.74. The number of thiazole rings is 1. The normalized spacial score (nSPS) is 25.0. The Labute approximate surface area is 369 Å². The Bertz CT molecular complexity index is 2730. The number of cyclic esters (lactones) is 1. The fourth-order valence-electron chi connectivity index (χ4n) is 10.4. The van der Waals surface area contributed by atoms with Gasteiger partial charge in [0.1, 0.15) is 35.5 Å². The first-order valence-corrected chi connectivity index (χ1v) is 22.4. The highest BCUT2D eigenvalue weighted by atomic mass is 32.1. The first kappa shape index (κ1) is 40.7. The molecule has 0 radical (unpaired) electrons. The van der Waals surface area contributed by atoms with Gasteiger partial charge in [0.15, 0.2) is 5.13 Å². The number of nitrogens with one attached hydrogen (secondary N) is 2. The molecular formula is C51H46N4O7S. The van der Waals surface area contributed by atoms with Crippen LogP contribution in [0.2, 0.25) is 0 Å². The Hall–Kier alpha value is -6.36. The Morgan fingerprint density at radius 3 is 2.32 bits per heavy atom. The number of benzene rings is 5. The van der Waals surface area contributed by atoms with Crippen molar-refractivity contribution in [3.05, 3.63) is 155 Å². The maximum atomic E-state index is 15.7. The van der Waals surface area contributed by atoms with Crippen LogP contribution >= 0.6 is 11.3 Å². The van der Waals surface area contributed by atoms with Gasteiger partial charge in [0.05, 0.1) is 34.8 Å². The summed E-state index contributed by atoms with van der Waals surface area (Å²) in [5, 5.41) is 28.1. The second-order valence-electron chi connectivity index (χ2n) is 16.8. The van der Waals surface area contributed by atoms with Crippen LogP contribution in [0.15, 0.2) is 127 Å². The number of carbonyl (C=O) groups excluding carboxylic acids is 3. The van der Waals surface area contributed by atoms with Crippen LogP contribution in [0.1, 0.15) is 84.5 Å². The predicted octanol–water partition coefficient (Wildman–Crippen LogP) is 8.01.